The fourth-order valence-electron chi connectivity index (χ4n) is 4.32. The lowest BCUT2D eigenvalue weighted by molar-refractivity contribution is -0.126. The van der Waals surface area contributed by atoms with Gasteiger partial charge in [-0.3, -0.25) is 14.6 Å². The van der Waals surface area contributed by atoms with E-state index in [1.165, 1.54) is 30.6 Å². The number of nitrogens with zero attached hydrogens (tertiary/aromatic N) is 3. The molecule has 10 heteroatoms. The van der Waals surface area contributed by atoms with Gasteiger partial charge in [0, 0.05) is 44.0 Å². The van der Waals surface area contributed by atoms with Gasteiger partial charge < -0.3 is 18.8 Å². The van der Waals surface area contributed by atoms with Crippen LogP contribution in [0.3, 0.4) is 0 Å². The Morgan fingerprint density at radius 1 is 0.950 bits per heavy atom. The minimum absolute atomic E-state index is 0.0234. The number of ether oxygens (including phenoxy) is 3. The first kappa shape index (κ1) is 27.2. The second kappa shape index (κ2) is 12.2. The molecule has 0 saturated heterocycles. The minimum atomic E-state index is -0.606. The Morgan fingerprint density at radius 3 is 2.58 bits per heavy atom. The second-order valence-corrected chi connectivity index (χ2v) is 10.2. The zero-order valence-electron chi connectivity index (χ0n) is 21.9. The maximum atomic E-state index is 15.0. The van der Waals surface area contributed by atoms with E-state index in [4.69, 9.17) is 14.2 Å². The predicted octanol–water partition coefficient (Wildman–Crippen LogP) is 6.02. The van der Waals surface area contributed by atoms with Crippen LogP contribution in [0.15, 0.2) is 73.3 Å². The van der Waals surface area contributed by atoms with Gasteiger partial charge in [0.05, 0.1) is 40.6 Å². The number of fused-ring (bicyclic) bond motifs is 1. The molecular weight excluding hydrogens is 533 g/mol. The number of hydrogen-bond acceptors (Lipinski definition) is 8. The monoisotopic (exact) mass is 559 g/mol. The number of halogens is 1. The minimum Gasteiger partial charge on any atom is -0.496 e. The van der Waals surface area contributed by atoms with Gasteiger partial charge in [0.25, 0.3) is 0 Å². The summed E-state index contributed by atoms with van der Waals surface area (Å²) in [5, 5.41) is 0. The molecule has 3 heterocycles. The van der Waals surface area contributed by atoms with Crippen molar-refractivity contribution in [3.63, 3.8) is 0 Å². The summed E-state index contributed by atoms with van der Waals surface area (Å²) in [6, 6.07) is 15.1. The van der Waals surface area contributed by atoms with E-state index in [2.05, 4.69) is 9.97 Å². The van der Waals surface area contributed by atoms with Crippen LogP contribution in [0.2, 0.25) is 0 Å². The first-order valence-corrected chi connectivity index (χ1v) is 13.3. The molecule has 0 fully saturated rings. The van der Waals surface area contributed by atoms with E-state index >= 15 is 4.39 Å². The molecule has 0 saturated carbocycles. The van der Waals surface area contributed by atoms with Gasteiger partial charge in [0.15, 0.2) is 11.6 Å². The summed E-state index contributed by atoms with van der Waals surface area (Å²) in [7, 11) is 3.15. The highest BCUT2D eigenvalue weighted by atomic mass is 32.1. The van der Waals surface area contributed by atoms with Crippen molar-refractivity contribution in [3.8, 4) is 27.8 Å². The van der Waals surface area contributed by atoms with Crippen molar-refractivity contribution >= 4 is 33.1 Å². The summed E-state index contributed by atoms with van der Waals surface area (Å²) in [6.45, 7) is 0.393. The topological polar surface area (TPSA) is 92.5 Å². The summed E-state index contributed by atoms with van der Waals surface area (Å²) in [5.74, 6) is -0.0347. The summed E-state index contributed by atoms with van der Waals surface area (Å²) >= 11 is 1.44. The fourth-order valence-corrected chi connectivity index (χ4v) is 5.34. The molecule has 0 spiro atoms. The van der Waals surface area contributed by atoms with Gasteiger partial charge in [-0.1, -0.05) is 24.3 Å². The SMILES string of the molecule is COCn1cnc(-c2cc3nccc(Oc4ccc(CC(=O)CC(=O)Cc5ccccc5OC)cc4F)c3s2)c1. The number of benzene rings is 2. The third-order valence-electron chi connectivity index (χ3n) is 6.13. The molecule has 0 unspecified atom stereocenters. The number of imidazole rings is 1. The van der Waals surface area contributed by atoms with Gasteiger partial charge >= 0.3 is 0 Å². The van der Waals surface area contributed by atoms with Crippen LogP contribution in [0.5, 0.6) is 17.2 Å². The molecule has 0 amide bonds. The first-order valence-electron chi connectivity index (χ1n) is 12.4. The molecule has 3 aromatic heterocycles. The quantitative estimate of drug-likeness (QED) is 0.173. The molecular formula is C30H26FN3O5S. The van der Waals surface area contributed by atoms with Crippen LogP contribution in [-0.2, 0) is 33.9 Å². The van der Waals surface area contributed by atoms with Crippen LogP contribution in [0.25, 0.3) is 20.8 Å². The maximum absolute atomic E-state index is 15.0. The maximum Gasteiger partial charge on any atom is 0.166 e. The van der Waals surface area contributed by atoms with Crippen LogP contribution < -0.4 is 9.47 Å². The number of Topliss-reactive ketones (excluding diaryl/α,β-unsaturated/α-hetero) is 2. The second-order valence-electron chi connectivity index (χ2n) is 9.11. The fraction of sp³-hybridized carbons (Fsp3) is 0.200. The van der Waals surface area contributed by atoms with Crippen molar-refractivity contribution in [3.05, 3.63) is 90.3 Å². The highest BCUT2D eigenvalue weighted by Gasteiger charge is 2.17. The number of carbonyl (C=O) groups excluding carboxylic acids is 2. The standard InChI is InChI=1S/C30H26FN3O5S/c1-37-18-34-16-25(33-17-34)29-15-24-30(40-29)28(9-10-32-24)39-27-8-7-19(12-23(27)31)11-21(35)14-22(36)13-20-5-3-4-6-26(20)38-2/h3-10,12,15-17H,11,13-14,18H2,1-2H3. The number of methoxy groups -OCH3 is 2. The molecule has 0 aliphatic heterocycles. The third-order valence-corrected chi connectivity index (χ3v) is 7.29. The van der Waals surface area contributed by atoms with Crippen LogP contribution in [0.4, 0.5) is 4.39 Å². The van der Waals surface area contributed by atoms with Gasteiger partial charge in [0.1, 0.15) is 29.8 Å². The van der Waals surface area contributed by atoms with E-state index in [0.717, 1.165) is 20.8 Å². The number of carbonyl (C=O) groups is 2. The molecule has 204 valence electrons. The van der Waals surface area contributed by atoms with Crippen molar-refractivity contribution < 1.29 is 28.2 Å². The average Bonchev–Trinajstić information content (AvgIpc) is 3.58. The van der Waals surface area contributed by atoms with Crippen molar-refractivity contribution in [2.75, 3.05) is 14.2 Å². The van der Waals surface area contributed by atoms with E-state index in [-0.39, 0.29) is 36.6 Å². The van der Waals surface area contributed by atoms with Crippen molar-refractivity contribution in [1.82, 2.24) is 14.5 Å². The highest BCUT2D eigenvalue weighted by Crippen LogP contribution is 2.39. The molecule has 0 aliphatic carbocycles. The normalized spacial score (nSPS) is 11.1. The summed E-state index contributed by atoms with van der Waals surface area (Å²) in [4.78, 5) is 34.7. The van der Waals surface area contributed by atoms with E-state index in [1.807, 2.05) is 29.0 Å². The Kier molecular flexibility index (Phi) is 8.28. The molecule has 5 rings (SSSR count). The van der Waals surface area contributed by atoms with Crippen LogP contribution in [-0.4, -0.2) is 40.3 Å². The Balaban J connectivity index is 1.25. The van der Waals surface area contributed by atoms with Crippen molar-refractivity contribution in [2.45, 2.75) is 26.0 Å². The van der Waals surface area contributed by atoms with Gasteiger partial charge in [0.2, 0.25) is 0 Å². The molecule has 5 aromatic rings. The third kappa shape index (κ3) is 6.24. The van der Waals surface area contributed by atoms with Crippen molar-refractivity contribution in [2.24, 2.45) is 0 Å². The van der Waals surface area contributed by atoms with Gasteiger partial charge in [-0.15, -0.1) is 11.3 Å². The molecule has 8 nitrogen and oxygen atoms in total. The molecule has 0 bridgehead atoms. The lowest BCUT2D eigenvalue weighted by Gasteiger charge is -2.09. The van der Waals surface area contributed by atoms with E-state index in [9.17, 15) is 9.59 Å². The smallest absolute Gasteiger partial charge is 0.166 e. The average molecular weight is 560 g/mol. The van der Waals surface area contributed by atoms with Crippen molar-refractivity contribution in [1.29, 1.82) is 0 Å². The molecule has 0 N–H and O–H groups in total. The Hall–Kier alpha value is -4.41. The zero-order valence-corrected chi connectivity index (χ0v) is 22.7. The predicted molar refractivity (Wildman–Crippen MR) is 149 cm³/mol. The van der Waals surface area contributed by atoms with Gasteiger partial charge in [-0.2, -0.15) is 0 Å². The number of pyridine rings is 1. The zero-order chi connectivity index (χ0) is 28.1. The molecule has 0 atom stereocenters. The van der Waals surface area contributed by atoms with Crippen LogP contribution in [0.1, 0.15) is 17.5 Å². The van der Waals surface area contributed by atoms with E-state index < -0.39 is 5.82 Å². The number of rotatable bonds is 12. The lowest BCUT2D eigenvalue weighted by atomic mass is 10.0. The van der Waals surface area contributed by atoms with Crippen LogP contribution >= 0.6 is 11.3 Å². The van der Waals surface area contributed by atoms with E-state index in [1.54, 1.807) is 43.9 Å². The lowest BCUT2D eigenvalue weighted by Crippen LogP contribution is -2.13. The van der Waals surface area contributed by atoms with Crippen LogP contribution in [0, 0.1) is 5.82 Å². The molecule has 0 aliphatic rings. The number of ketones is 2. The number of thiophene rings is 1. The summed E-state index contributed by atoms with van der Waals surface area (Å²) in [5.41, 5.74) is 2.66. The largest absolute Gasteiger partial charge is 0.496 e. The molecule has 40 heavy (non-hydrogen) atoms. The summed E-state index contributed by atoms with van der Waals surface area (Å²) in [6.07, 6.45) is 4.96. The Bertz CT molecular complexity index is 1680. The van der Waals surface area contributed by atoms with Gasteiger partial charge in [-0.05, 0) is 29.8 Å². The Labute approximate surface area is 234 Å². The van der Waals surface area contributed by atoms with E-state index in [0.29, 0.717) is 29.3 Å². The highest BCUT2D eigenvalue weighted by molar-refractivity contribution is 7.22. The first-order chi connectivity index (χ1) is 19.4. The van der Waals surface area contributed by atoms with Gasteiger partial charge in [-0.25, -0.2) is 9.37 Å². The number of para-hydroxylation sites is 1. The Morgan fingerprint density at radius 2 is 1.77 bits per heavy atom. The number of aromatic nitrogens is 3. The number of hydrogen-bond donors (Lipinski definition) is 0. The summed E-state index contributed by atoms with van der Waals surface area (Å²) < 4.78 is 33.9. The molecule has 2 aromatic carbocycles. The molecule has 0 radical (unpaired) electrons.